The van der Waals surface area contributed by atoms with Crippen LogP contribution in [-0.4, -0.2) is 23.9 Å². The standard InChI is InChI=1S/C18H15NO5/c1-10-6-7-11-9-15(24-18(23)13(11)8-10)16(20)19-14-5-3-2-4-12(14)17(21)22/h2-8,15H,9H2,1H3,(H,19,20)(H,21,22)/p-1/t15-/m1/s1. The second-order valence-electron chi connectivity index (χ2n) is 5.58. The Morgan fingerprint density at radius 2 is 1.96 bits per heavy atom. The van der Waals surface area contributed by atoms with Crippen molar-refractivity contribution in [1.82, 2.24) is 0 Å². The van der Waals surface area contributed by atoms with Gasteiger partial charge < -0.3 is 20.0 Å². The molecular formula is C18H14NO5-. The third-order valence-electron chi connectivity index (χ3n) is 3.84. The number of aromatic carboxylic acids is 1. The van der Waals surface area contributed by atoms with Gasteiger partial charge in [0.1, 0.15) is 0 Å². The number of carboxylic acids is 1. The minimum absolute atomic E-state index is 0.105. The maximum absolute atomic E-state index is 12.4. The molecule has 1 aliphatic rings. The van der Waals surface area contributed by atoms with Crippen molar-refractivity contribution >= 4 is 23.5 Å². The Labute approximate surface area is 138 Å². The summed E-state index contributed by atoms with van der Waals surface area (Å²) < 4.78 is 5.19. The number of nitrogens with one attached hydrogen (secondary N) is 1. The van der Waals surface area contributed by atoms with Crippen LogP contribution in [0.25, 0.3) is 0 Å². The quantitative estimate of drug-likeness (QED) is 0.852. The van der Waals surface area contributed by atoms with E-state index >= 15 is 0 Å². The first kappa shape index (κ1) is 15.7. The molecule has 24 heavy (non-hydrogen) atoms. The average Bonchev–Trinajstić information content (AvgIpc) is 2.55. The first-order valence-electron chi connectivity index (χ1n) is 7.37. The van der Waals surface area contributed by atoms with Crippen LogP contribution >= 0.6 is 0 Å². The van der Waals surface area contributed by atoms with Gasteiger partial charge in [-0.1, -0.05) is 35.9 Å². The minimum Gasteiger partial charge on any atom is -0.545 e. The van der Waals surface area contributed by atoms with E-state index < -0.39 is 23.9 Å². The number of carbonyl (C=O) groups excluding carboxylic acids is 3. The van der Waals surface area contributed by atoms with Gasteiger partial charge in [0.05, 0.1) is 11.5 Å². The largest absolute Gasteiger partial charge is 0.545 e. The molecule has 0 saturated heterocycles. The van der Waals surface area contributed by atoms with E-state index in [4.69, 9.17) is 4.74 Å². The lowest BCUT2D eigenvalue weighted by atomic mass is 9.96. The second kappa shape index (κ2) is 6.16. The second-order valence-corrected chi connectivity index (χ2v) is 5.58. The molecule has 0 saturated carbocycles. The number of ether oxygens (including phenoxy) is 1. The van der Waals surface area contributed by atoms with Crippen LogP contribution in [0, 0.1) is 6.92 Å². The number of carboxylic acid groups (broad SMARTS) is 1. The van der Waals surface area contributed by atoms with Gasteiger partial charge in [-0.25, -0.2) is 4.79 Å². The van der Waals surface area contributed by atoms with Crippen molar-refractivity contribution < 1.29 is 24.2 Å². The number of cyclic esters (lactones) is 1. The predicted molar refractivity (Wildman–Crippen MR) is 83.5 cm³/mol. The van der Waals surface area contributed by atoms with Gasteiger partial charge in [0.15, 0.2) is 6.10 Å². The van der Waals surface area contributed by atoms with Crippen LogP contribution in [0.3, 0.4) is 0 Å². The Kier molecular flexibility index (Phi) is 4.04. The number of anilines is 1. The number of esters is 1. The Morgan fingerprint density at radius 1 is 1.21 bits per heavy atom. The first-order valence-corrected chi connectivity index (χ1v) is 7.37. The summed E-state index contributed by atoms with van der Waals surface area (Å²) in [5, 5.41) is 13.6. The first-order chi connectivity index (χ1) is 11.5. The monoisotopic (exact) mass is 324 g/mol. The molecule has 0 spiro atoms. The van der Waals surface area contributed by atoms with Crippen LogP contribution in [-0.2, 0) is 16.0 Å². The van der Waals surface area contributed by atoms with E-state index in [1.165, 1.54) is 18.2 Å². The molecule has 2 aromatic rings. The molecule has 1 aliphatic heterocycles. The van der Waals surface area contributed by atoms with Crippen molar-refractivity contribution in [2.24, 2.45) is 0 Å². The molecule has 1 N–H and O–H groups in total. The summed E-state index contributed by atoms with van der Waals surface area (Å²) in [7, 11) is 0. The van der Waals surface area contributed by atoms with E-state index in [1.807, 2.05) is 13.0 Å². The van der Waals surface area contributed by atoms with Crippen LogP contribution < -0.4 is 10.4 Å². The van der Waals surface area contributed by atoms with Crippen molar-refractivity contribution in [3.05, 3.63) is 64.7 Å². The highest BCUT2D eigenvalue weighted by molar-refractivity contribution is 6.03. The van der Waals surface area contributed by atoms with Gasteiger partial charge in [0, 0.05) is 17.7 Å². The molecule has 6 heteroatoms. The van der Waals surface area contributed by atoms with Gasteiger partial charge >= 0.3 is 5.97 Å². The molecule has 0 unspecified atom stereocenters. The van der Waals surface area contributed by atoms with E-state index in [0.717, 1.165) is 11.1 Å². The number of para-hydroxylation sites is 1. The highest BCUT2D eigenvalue weighted by atomic mass is 16.5. The number of hydrogen-bond acceptors (Lipinski definition) is 5. The summed E-state index contributed by atoms with van der Waals surface area (Å²) >= 11 is 0. The zero-order valence-electron chi connectivity index (χ0n) is 12.9. The SMILES string of the molecule is Cc1ccc2c(c1)C(=O)O[C@@H](C(=O)Nc1ccccc1C(=O)[O-])C2. The summed E-state index contributed by atoms with van der Waals surface area (Å²) in [5.74, 6) is -2.54. The van der Waals surface area contributed by atoms with E-state index in [-0.39, 0.29) is 17.7 Å². The van der Waals surface area contributed by atoms with Crippen molar-refractivity contribution in [2.45, 2.75) is 19.4 Å². The Morgan fingerprint density at radius 3 is 2.71 bits per heavy atom. The molecule has 6 nitrogen and oxygen atoms in total. The Hall–Kier alpha value is -3.15. The smallest absolute Gasteiger partial charge is 0.339 e. The third kappa shape index (κ3) is 2.99. The fourth-order valence-corrected chi connectivity index (χ4v) is 2.62. The number of aryl methyl sites for hydroxylation is 1. The van der Waals surface area contributed by atoms with Crippen LogP contribution in [0.5, 0.6) is 0 Å². The predicted octanol–water partition coefficient (Wildman–Crippen LogP) is 1.08. The Balaban J connectivity index is 1.81. The molecule has 0 aromatic heterocycles. The van der Waals surface area contributed by atoms with Gasteiger partial charge in [-0.15, -0.1) is 0 Å². The number of hydrogen-bond donors (Lipinski definition) is 1. The molecule has 1 amide bonds. The lowest BCUT2D eigenvalue weighted by Crippen LogP contribution is -2.38. The molecule has 2 aromatic carbocycles. The highest BCUT2D eigenvalue weighted by Crippen LogP contribution is 2.23. The maximum atomic E-state index is 12.4. The minimum atomic E-state index is -1.40. The van der Waals surface area contributed by atoms with Gasteiger partial charge in [-0.3, -0.25) is 4.79 Å². The summed E-state index contributed by atoms with van der Waals surface area (Å²) in [6.07, 6.45) is -0.775. The lowest BCUT2D eigenvalue weighted by molar-refractivity contribution is -0.254. The number of benzene rings is 2. The zero-order valence-corrected chi connectivity index (χ0v) is 12.9. The van der Waals surface area contributed by atoms with E-state index in [2.05, 4.69) is 5.32 Å². The lowest BCUT2D eigenvalue weighted by Gasteiger charge is -2.24. The van der Waals surface area contributed by atoms with Gasteiger partial charge in [-0.05, 0) is 24.6 Å². The molecule has 0 fully saturated rings. The number of rotatable bonds is 3. The third-order valence-corrected chi connectivity index (χ3v) is 3.84. The topological polar surface area (TPSA) is 95.5 Å². The van der Waals surface area contributed by atoms with E-state index in [0.29, 0.717) is 5.56 Å². The van der Waals surface area contributed by atoms with Crippen LogP contribution in [0.2, 0.25) is 0 Å². The van der Waals surface area contributed by atoms with E-state index in [1.54, 1.807) is 18.2 Å². The fraction of sp³-hybridized carbons (Fsp3) is 0.167. The molecular weight excluding hydrogens is 310 g/mol. The molecule has 0 radical (unpaired) electrons. The van der Waals surface area contributed by atoms with Gasteiger partial charge in [0.2, 0.25) is 0 Å². The number of carbonyl (C=O) groups is 3. The summed E-state index contributed by atoms with van der Waals surface area (Å²) in [5.41, 5.74) is 2.08. The van der Waals surface area contributed by atoms with Gasteiger partial charge in [-0.2, -0.15) is 0 Å². The number of amides is 1. The normalized spacial score (nSPS) is 16.0. The molecule has 1 heterocycles. The fourth-order valence-electron chi connectivity index (χ4n) is 2.62. The highest BCUT2D eigenvalue weighted by Gasteiger charge is 2.31. The molecule has 122 valence electrons. The molecule has 0 aliphatic carbocycles. The van der Waals surface area contributed by atoms with Crippen molar-refractivity contribution in [3.8, 4) is 0 Å². The Bertz CT molecular complexity index is 843. The summed E-state index contributed by atoms with van der Waals surface area (Å²) in [6.45, 7) is 1.86. The van der Waals surface area contributed by atoms with Gasteiger partial charge in [0.25, 0.3) is 5.91 Å². The van der Waals surface area contributed by atoms with Crippen molar-refractivity contribution in [1.29, 1.82) is 0 Å². The van der Waals surface area contributed by atoms with Crippen LogP contribution in [0.4, 0.5) is 5.69 Å². The maximum Gasteiger partial charge on any atom is 0.339 e. The molecule has 3 rings (SSSR count). The average molecular weight is 324 g/mol. The molecule has 1 atom stereocenters. The van der Waals surface area contributed by atoms with Crippen molar-refractivity contribution in [2.75, 3.05) is 5.32 Å². The molecule has 0 bridgehead atoms. The number of fused-ring (bicyclic) bond motifs is 1. The van der Waals surface area contributed by atoms with Crippen LogP contribution in [0.1, 0.15) is 31.8 Å². The van der Waals surface area contributed by atoms with Crippen LogP contribution in [0.15, 0.2) is 42.5 Å². The van der Waals surface area contributed by atoms with E-state index in [9.17, 15) is 19.5 Å². The zero-order chi connectivity index (χ0) is 17.3. The summed E-state index contributed by atoms with van der Waals surface area (Å²) in [4.78, 5) is 35.5. The summed E-state index contributed by atoms with van der Waals surface area (Å²) in [6, 6.07) is 11.3. The van der Waals surface area contributed by atoms with Crippen molar-refractivity contribution in [3.63, 3.8) is 0 Å².